The third-order valence-electron chi connectivity index (χ3n) is 4.47. The zero-order valence-corrected chi connectivity index (χ0v) is 13.3. The first-order valence-corrected chi connectivity index (χ1v) is 7.67. The summed E-state index contributed by atoms with van der Waals surface area (Å²) in [6, 6.07) is 9.27. The summed E-state index contributed by atoms with van der Waals surface area (Å²) in [6.07, 6.45) is 2.70. The number of carbonyl (C=O) groups excluding carboxylic acids is 1. The standard InChI is InChI=1S/C17H26N2O2/c1-13-10-16(8-9-19(13)2)18-12-15-7-5-4-6-14(15)11-17(20)21-3/h4-7,13,16,18H,8-12H2,1-3H3. The van der Waals surface area contributed by atoms with Gasteiger partial charge in [0.15, 0.2) is 0 Å². The van der Waals surface area contributed by atoms with Crippen LogP contribution in [0.25, 0.3) is 0 Å². The van der Waals surface area contributed by atoms with E-state index in [-0.39, 0.29) is 5.97 Å². The molecule has 4 heteroatoms. The van der Waals surface area contributed by atoms with Crippen LogP contribution in [0.2, 0.25) is 0 Å². The highest BCUT2D eigenvalue weighted by molar-refractivity contribution is 5.72. The maximum absolute atomic E-state index is 11.5. The number of ether oxygens (including phenoxy) is 1. The molecule has 116 valence electrons. The molecule has 1 aliphatic heterocycles. The number of hydrogen-bond acceptors (Lipinski definition) is 4. The maximum Gasteiger partial charge on any atom is 0.309 e. The second-order valence-corrected chi connectivity index (χ2v) is 5.95. The van der Waals surface area contributed by atoms with Crippen molar-refractivity contribution in [2.24, 2.45) is 0 Å². The second-order valence-electron chi connectivity index (χ2n) is 5.95. The van der Waals surface area contributed by atoms with Crippen LogP contribution in [0.1, 0.15) is 30.9 Å². The Bertz CT molecular complexity index is 476. The van der Waals surface area contributed by atoms with Gasteiger partial charge in [-0.2, -0.15) is 0 Å². The van der Waals surface area contributed by atoms with Crippen molar-refractivity contribution in [1.82, 2.24) is 10.2 Å². The number of esters is 1. The normalized spacial score (nSPS) is 23.0. The van der Waals surface area contributed by atoms with Crippen LogP contribution < -0.4 is 5.32 Å². The lowest BCUT2D eigenvalue weighted by Crippen LogP contribution is -2.45. The van der Waals surface area contributed by atoms with Crippen LogP contribution in [0.3, 0.4) is 0 Å². The number of nitrogens with zero attached hydrogens (tertiary/aromatic N) is 1. The van der Waals surface area contributed by atoms with Gasteiger partial charge in [-0.15, -0.1) is 0 Å². The predicted octanol–water partition coefficient (Wildman–Crippen LogP) is 1.97. The Hall–Kier alpha value is -1.39. The average Bonchev–Trinajstić information content (AvgIpc) is 2.49. The molecule has 1 heterocycles. The van der Waals surface area contributed by atoms with Crippen molar-refractivity contribution in [3.63, 3.8) is 0 Å². The van der Waals surface area contributed by atoms with Crippen molar-refractivity contribution in [2.75, 3.05) is 20.7 Å². The molecule has 0 bridgehead atoms. The monoisotopic (exact) mass is 290 g/mol. The molecule has 1 aromatic carbocycles. The molecule has 1 fully saturated rings. The molecule has 0 aliphatic carbocycles. The van der Waals surface area contributed by atoms with Gasteiger partial charge < -0.3 is 15.0 Å². The van der Waals surface area contributed by atoms with E-state index in [4.69, 9.17) is 4.74 Å². The first-order chi connectivity index (χ1) is 10.1. The quantitative estimate of drug-likeness (QED) is 0.842. The Labute approximate surface area is 127 Å². The molecular formula is C17H26N2O2. The van der Waals surface area contributed by atoms with E-state index in [2.05, 4.69) is 30.3 Å². The molecule has 0 amide bonds. The summed E-state index contributed by atoms with van der Waals surface area (Å²) < 4.78 is 4.76. The van der Waals surface area contributed by atoms with Gasteiger partial charge in [-0.3, -0.25) is 4.79 Å². The molecule has 2 rings (SSSR count). The Kier molecular flexibility index (Phi) is 5.76. The summed E-state index contributed by atoms with van der Waals surface area (Å²) in [6.45, 7) is 4.23. The number of nitrogens with one attached hydrogen (secondary N) is 1. The van der Waals surface area contributed by atoms with Crippen molar-refractivity contribution in [3.8, 4) is 0 Å². The van der Waals surface area contributed by atoms with Gasteiger partial charge in [-0.05, 0) is 44.5 Å². The van der Waals surface area contributed by atoms with Crippen LogP contribution in [0, 0.1) is 0 Å². The number of carbonyl (C=O) groups is 1. The molecule has 0 saturated carbocycles. The Balaban J connectivity index is 1.92. The van der Waals surface area contributed by atoms with Crippen LogP contribution in [0.15, 0.2) is 24.3 Å². The summed E-state index contributed by atoms with van der Waals surface area (Å²) in [7, 11) is 3.62. The van der Waals surface area contributed by atoms with Crippen molar-refractivity contribution < 1.29 is 9.53 Å². The minimum absolute atomic E-state index is 0.185. The van der Waals surface area contributed by atoms with Crippen molar-refractivity contribution in [2.45, 2.75) is 44.8 Å². The molecule has 1 N–H and O–H groups in total. The van der Waals surface area contributed by atoms with E-state index >= 15 is 0 Å². The third kappa shape index (κ3) is 4.55. The predicted molar refractivity (Wildman–Crippen MR) is 84.1 cm³/mol. The Morgan fingerprint density at radius 2 is 2.10 bits per heavy atom. The fourth-order valence-electron chi connectivity index (χ4n) is 2.86. The van der Waals surface area contributed by atoms with Gasteiger partial charge in [0.2, 0.25) is 0 Å². The van der Waals surface area contributed by atoms with Crippen LogP contribution >= 0.6 is 0 Å². The zero-order valence-electron chi connectivity index (χ0n) is 13.3. The van der Waals surface area contributed by atoms with Gasteiger partial charge >= 0.3 is 5.97 Å². The van der Waals surface area contributed by atoms with E-state index in [1.165, 1.54) is 25.5 Å². The lowest BCUT2D eigenvalue weighted by molar-refractivity contribution is -0.139. The molecule has 2 atom stereocenters. The number of piperidine rings is 1. The first-order valence-electron chi connectivity index (χ1n) is 7.67. The molecule has 4 nitrogen and oxygen atoms in total. The number of benzene rings is 1. The molecule has 0 radical (unpaired) electrons. The molecule has 0 aromatic heterocycles. The van der Waals surface area contributed by atoms with Crippen LogP contribution in [0.4, 0.5) is 0 Å². The number of likely N-dealkylation sites (tertiary alicyclic amines) is 1. The van der Waals surface area contributed by atoms with E-state index in [1.807, 2.05) is 18.2 Å². The van der Waals surface area contributed by atoms with Crippen LogP contribution in [0.5, 0.6) is 0 Å². The Morgan fingerprint density at radius 1 is 1.38 bits per heavy atom. The number of hydrogen-bond donors (Lipinski definition) is 1. The van der Waals surface area contributed by atoms with E-state index in [0.717, 1.165) is 18.7 Å². The fourth-order valence-corrected chi connectivity index (χ4v) is 2.86. The van der Waals surface area contributed by atoms with Crippen LogP contribution in [-0.2, 0) is 22.5 Å². The first kappa shape index (κ1) is 16.0. The summed E-state index contributed by atoms with van der Waals surface area (Å²) in [5, 5.41) is 3.64. The van der Waals surface area contributed by atoms with E-state index in [1.54, 1.807) is 0 Å². The molecular weight excluding hydrogens is 264 g/mol. The van der Waals surface area contributed by atoms with Gasteiger partial charge in [-0.1, -0.05) is 24.3 Å². The van der Waals surface area contributed by atoms with E-state index < -0.39 is 0 Å². The fraction of sp³-hybridized carbons (Fsp3) is 0.588. The summed E-state index contributed by atoms with van der Waals surface area (Å²) >= 11 is 0. The average molecular weight is 290 g/mol. The van der Waals surface area contributed by atoms with Crippen molar-refractivity contribution in [3.05, 3.63) is 35.4 Å². The highest BCUT2D eigenvalue weighted by Crippen LogP contribution is 2.17. The third-order valence-corrected chi connectivity index (χ3v) is 4.47. The SMILES string of the molecule is COC(=O)Cc1ccccc1CNC1CCN(C)C(C)C1. The van der Waals surface area contributed by atoms with Gasteiger partial charge in [0.1, 0.15) is 0 Å². The summed E-state index contributed by atoms with van der Waals surface area (Å²) in [5.74, 6) is -0.185. The molecule has 1 saturated heterocycles. The smallest absolute Gasteiger partial charge is 0.309 e. The molecule has 0 spiro atoms. The topological polar surface area (TPSA) is 41.6 Å². The second kappa shape index (κ2) is 7.57. The number of methoxy groups -OCH3 is 1. The molecule has 21 heavy (non-hydrogen) atoms. The van der Waals surface area contributed by atoms with Gasteiger partial charge in [0.05, 0.1) is 13.5 Å². The summed E-state index contributed by atoms with van der Waals surface area (Å²) in [5.41, 5.74) is 2.24. The number of rotatable bonds is 5. The van der Waals surface area contributed by atoms with Gasteiger partial charge in [0.25, 0.3) is 0 Å². The summed E-state index contributed by atoms with van der Waals surface area (Å²) in [4.78, 5) is 13.9. The highest BCUT2D eigenvalue weighted by Gasteiger charge is 2.22. The van der Waals surface area contributed by atoms with Crippen molar-refractivity contribution >= 4 is 5.97 Å². The maximum atomic E-state index is 11.5. The molecule has 1 aliphatic rings. The van der Waals surface area contributed by atoms with E-state index in [9.17, 15) is 4.79 Å². The largest absolute Gasteiger partial charge is 0.469 e. The molecule has 2 unspecified atom stereocenters. The van der Waals surface area contributed by atoms with E-state index in [0.29, 0.717) is 18.5 Å². The zero-order chi connectivity index (χ0) is 15.2. The Morgan fingerprint density at radius 3 is 2.76 bits per heavy atom. The lowest BCUT2D eigenvalue weighted by atomic mass is 9.98. The van der Waals surface area contributed by atoms with Gasteiger partial charge in [-0.25, -0.2) is 0 Å². The molecule has 1 aromatic rings. The highest BCUT2D eigenvalue weighted by atomic mass is 16.5. The minimum Gasteiger partial charge on any atom is -0.469 e. The minimum atomic E-state index is -0.185. The van der Waals surface area contributed by atoms with Gasteiger partial charge in [0, 0.05) is 18.6 Å². The van der Waals surface area contributed by atoms with Crippen molar-refractivity contribution in [1.29, 1.82) is 0 Å². The van der Waals surface area contributed by atoms with Crippen LogP contribution in [-0.4, -0.2) is 43.7 Å². The lowest BCUT2D eigenvalue weighted by Gasteiger charge is -2.35.